The largest absolute Gasteiger partial charge is 0.235 e. The molecule has 1 N–H and O–H groups in total. The predicted molar refractivity (Wildman–Crippen MR) is 61.9 cm³/mol. The van der Waals surface area contributed by atoms with E-state index < -0.39 is 5.03 Å². The molecule has 0 saturated carbocycles. The summed E-state index contributed by atoms with van der Waals surface area (Å²) in [5.74, 6) is 0. The Morgan fingerprint density at radius 3 is 2.71 bits per heavy atom. The number of rotatable bonds is 4. The number of hydrogen-bond donors (Lipinski definition) is 1. The van der Waals surface area contributed by atoms with Crippen LogP contribution in [-0.4, -0.2) is 15.2 Å². The Hall–Kier alpha value is -2.50. The number of aromatic nitrogens is 2. The molecule has 0 aliphatic heterocycles. The maximum absolute atomic E-state index is 10.4. The van der Waals surface area contributed by atoms with E-state index in [-0.39, 0.29) is 0 Å². The minimum absolute atomic E-state index is 0.369. The molecular weight excluding hydrogens is 220 g/mol. The molecule has 0 radical (unpaired) electrons. The van der Waals surface area contributed by atoms with Gasteiger partial charge in [0.25, 0.3) is 0 Å². The summed E-state index contributed by atoms with van der Waals surface area (Å²) in [6, 6.07) is 11.1. The molecule has 17 heavy (non-hydrogen) atoms. The van der Waals surface area contributed by atoms with Gasteiger partial charge in [-0.2, -0.15) is 10.2 Å². The quantitative estimate of drug-likeness (QED) is 0.638. The van der Waals surface area contributed by atoms with Crippen LogP contribution >= 0.6 is 0 Å². The smallest absolute Gasteiger partial charge is 0.162 e. The van der Waals surface area contributed by atoms with E-state index in [4.69, 9.17) is 0 Å². The Bertz CT molecular complexity index is 516. The van der Waals surface area contributed by atoms with Gasteiger partial charge in [-0.25, -0.2) is 10.1 Å². The van der Waals surface area contributed by atoms with Gasteiger partial charge < -0.3 is 0 Å². The van der Waals surface area contributed by atoms with E-state index in [9.17, 15) is 10.1 Å². The number of nitrogens with one attached hydrogen (secondary N) is 1. The molecule has 86 valence electrons. The first-order valence-corrected chi connectivity index (χ1v) is 5.01. The van der Waals surface area contributed by atoms with Crippen LogP contribution in [0.15, 0.2) is 42.6 Å². The summed E-state index contributed by atoms with van der Waals surface area (Å²) in [6.45, 7) is 0. The highest BCUT2D eigenvalue weighted by atomic mass is 16.7. The highest BCUT2D eigenvalue weighted by Crippen LogP contribution is 2.15. The summed E-state index contributed by atoms with van der Waals surface area (Å²) in [4.78, 5) is 10.4. The molecule has 0 amide bonds. The van der Waals surface area contributed by atoms with Gasteiger partial charge in [0, 0.05) is 6.42 Å². The highest BCUT2D eigenvalue weighted by molar-refractivity contribution is 5.46. The summed E-state index contributed by atoms with van der Waals surface area (Å²) in [5.41, 5.74) is 4.06. The first-order chi connectivity index (χ1) is 8.25. The summed E-state index contributed by atoms with van der Waals surface area (Å²) < 4.78 is 0. The molecule has 1 aromatic carbocycles. The fourth-order valence-electron chi connectivity index (χ4n) is 1.48. The SMILES string of the molecule is O=[N+]([O-])Nc1ccnnc1Cc1ccccc1. The number of nitrogens with zero attached hydrogens (tertiary/aromatic N) is 3. The van der Waals surface area contributed by atoms with Crippen molar-refractivity contribution in [3.05, 3.63) is 64.0 Å². The number of nitro groups is 1. The molecule has 0 atom stereocenters. The lowest BCUT2D eigenvalue weighted by Crippen LogP contribution is -2.11. The lowest BCUT2D eigenvalue weighted by Gasteiger charge is -2.04. The molecule has 0 unspecified atom stereocenters. The van der Waals surface area contributed by atoms with E-state index in [1.165, 1.54) is 12.3 Å². The molecule has 1 aromatic heterocycles. The number of benzene rings is 1. The van der Waals surface area contributed by atoms with Gasteiger partial charge >= 0.3 is 0 Å². The second kappa shape index (κ2) is 5.02. The van der Waals surface area contributed by atoms with Gasteiger partial charge in [0.2, 0.25) is 0 Å². The minimum atomic E-state index is -0.606. The van der Waals surface area contributed by atoms with Gasteiger partial charge in [-0.15, -0.1) is 5.43 Å². The Morgan fingerprint density at radius 1 is 1.24 bits per heavy atom. The summed E-state index contributed by atoms with van der Waals surface area (Å²) in [5, 5.41) is 17.5. The molecule has 0 aliphatic rings. The fraction of sp³-hybridized carbons (Fsp3) is 0.0909. The van der Waals surface area contributed by atoms with Crippen LogP contribution in [0, 0.1) is 10.1 Å². The van der Waals surface area contributed by atoms with E-state index in [0.717, 1.165) is 5.56 Å². The third-order valence-electron chi connectivity index (χ3n) is 2.22. The van der Waals surface area contributed by atoms with Crippen LogP contribution < -0.4 is 5.43 Å². The van der Waals surface area contributed by atoms with Crippen LogP contribution in [0.5, 0.6) is 0 Å². The van der Waals surface area contributed by atoms with E-state index in [0.29, 0.717) is 17.8 Å². The summed E-state index contributed by atoms with van der Waals surface area (Å²) in [6.07, 6.45) is 1.92. The minimum Gasteiger partial charge on any atom is -0.235 e. The van der Waals surface area contributed by atoms with Gasteiger partial charge in [-0.1, -0.05) is 30.3 Å². The van der Waals surface area contributed by atoms with Crippen molar-refractivity contribution in [1.82, 2.24) is 10.2 Å². The average Bonchev–Trinajstić information content (AvgIpc) is 2.32. The molecule has 0 fully saturated rings. The topological polar surface area (TPSA) is 81.0 Å². The van der Waals surface area contributed by atoms with Crippen LogP contribution in [0.2, 0.25) is 0 Å². The first-order valence-electron chi connectivity index (χ1n) is 5.01. The van der Waals surface area contributed by atoms with E-state index >= 15 is 0 Å². The zero-order valence-corrected chi connectivity index (χ0v) is 8.91. The molecule has 6 nitrogen and oxygen atoms in total. The van der Waals surface area contributed by atoms with Crippen LogP contribution in [-0.2, 0) is 6.42 Å². The van der Waals surface area contributed by atoms with Crippen molar-refractivity contribution < 1.29 is 5.03 Å². The van der Waals surface area contributed by atoms with Gasteiger partial charge in [-0.3, -0.25) is 0 Å². The molecule has 2 aromatic rings. The third-order valence-corrected chi connectivity index (χ3v) is 2.22. The third kappa shape index (κ3) is 2.97. The van der Waals surface area contributed by atoms with Crippen molar-refractivity contribution in [3.8, 4) is 0 Å². The standard InChI is InChI=1S/C11H10N4O2/c16-15(17)14-10-6-7-12-13-11(10)8-9-4-2-1-3-5-9/h1-7H,8H2,(H,12,14). The van der Waals surface area contributed by atoms with E-state index in [1.807, 2.05) is 30.3 Å². The van der Waals surface area contributed by atoms with Crippen molar-refractivity contribution >= 4 is 5.69 Å². The van der Waals surface area contributed by atoms with Crippen molar-refractivity contribution in [2.24, 2.45) is 0 Å². The van der Waals surface area contributed by atoms with Crippen LogP contribution in [0.25, 0.3) is 0 Å². The zero-order valence-electron chi connectivity index (χ0n) is 8.91. The first kappa shape index (κ1) is 11.0. The molecular formula is C11H10N4O2. The second-order valence-corrected chi connectivity index (χ2v) is 3.42. The van der Waals surface area contributed by atoms with E-state index in [2.05, 4.69) is 15.6 Å². The molecule has 2 rings (SSSR count). The molecule has 0 saturated heterocycles. The fourth-order valence-corrected chi connectivity index (χ4v) is 1.48. The normalized spacial score (nSPS) is 9.88. The maximum Gasteiger partial charge on any atom is 0.162 e. The van der Waals surface area contributed by atoms with Crippen molar-refractivity contribution in [1.29, 1.82) is 0 Å². The molecule has 1 heterocycles. The van der Waals surface area contributed by atoms with E-state index in [1.54, 1.807) is 0 Å². The van der Waals surface area contributed by atoms with Gasteiger partial charge in [0.15, 0.2) is 5.03 Å². The van der Waals surface area contributed by atoms with Crippen molar-refractivity contribution in [3.63, 3.8) is 0 Å². The summed E-state index contributed by atoms with van der Waals surface area (Å²) >= 11 is 0. The van der Waals surface area contributed by atoms with Crippen LogP contribution in [0.1, 0.15) is 11.3 Å². The molecule has 6 heteroatoms. The van der Waals surface area contributed by atoms with Crippen LogP contribution in [0.4, 0.5) is 5.69 Å². The number of hydrogen-bond acceptors (Lipinski definition) is 4. The number of hydrazine groups is 1. The van der Waals surface area contributed by atoms with Gasteiger partial charge in [-0.05, 0) is 11.6 Å². The second-order valence-electron chi connectivity index (χ2n) is 3.42. The Labute approximate surface area is 97.4 Å². The Balaban J connectivity index is 2.23. The van der Waals surface area contributed by atoms with Crippen LogP contribution in [0.3, 0.4) is 0 Å². The maximum atomic E-state index is 10.4. The van der Waals surface area contributed by atoms with Crippen molar-refractivity contribution in [2.45, 2.75) is 6.42 Å². The molecule has 0 aliphatic carbocycles. The lowest BCUT2D eigenvalue weighted by molar-refractivity contribution is -0.445. The van der Waals surface area contributed by atoms with Crippen molar-refractivity contribution in [2.75, 3.05) is 5.43 Å². The molecule has 0 spiro atoms. The van der Waals surface area contributed by atoms with Gasteiger partial charge in [0.05, 0.1) is 11.9 Å². The van der Waals surface area contributed by atoms with Gasteiger partial charge in [0.1, 0.15) is 5.69 Å². The zero-order chi connectivity index (χ0) is 12.1. The monoisotopic (exact) mass is 230 g/mol. The molecule has 0 bridgehead atoms. The highest BCUT2D eigenvalue weighted by Gasteiger charge is 2.09. The Morgan fingerprint density at radius 2 is 2.00 bits per heavy atom. The predicted octanol–water partition coefficient (Wildman–Crippen LogP) is 1.67. The average molecular weight is 230 g/mol. The Kier molecular flexibility index (Phi) is 3.25. The lowest BCUT2D eigenvalue weighted by atomic mass is 10.1. The number of anilines is 1. The summed E-state index contributed by atoms with van der Waals surface area (Å²) in [7, 11) is 0.